The molecule has 3 rings (SSSR count). The third-order valence-electron chi connectivity index (χ3n) is 7.47. The van der Waals surface area contributed by atoms with Crippen molar-refractivity contribution in [1.82, 2.24) is 20.9 Å². The highest BCUT2D eigenvalue weighted by Crippen LogP contribution is 2.44. The number of carboxylic acids is 1. The van der Waals surface area contributed by atoms with Gasteiger partial charge in [0, 0.05) is 44.3 Å². The monoisotopic (exact) mass is 642 g/mol. The first-order chi connectivity index (χ1) is 21.8. The molecule has 1 unspecified atom stereocenters. The van der Waals surface area contributed by atoms with Crippen molar-refractivity contribution in [1.29, 1.82) is 0 Å². The van der Waals surface area contributed by atoms with Crippen molar-refractivity contribution in [3.8, 4) is 0 Å². The average Bonchev–Trinajstić information content (AvgIpc) is 3.65. The van der Waals surface area contributed by atoms with Crippen LogP contribution in [0.5, 0.6) is 0 Å². The van der Waals surface area contributed by atoms with E-state index < -0.39 is 65.0 Å². The number of hydrogen-bond donors (Lipinski definition) is 6. The van der Waals surface area contributed by atoms with E-state index in [-0.39, 0.29) is 45.4 Å². The van der Waals surface area contributed by atoms with Gasteiger partial charge in [0.15, 0.2) is 0 Å². The Kier molecular flexibility index (Phi) is 12.4. The number of carbonyl (C=O) groups excluding carboxylic acids is 7. The number of esters is 1. The molecule has 0 spiro atoms. The van der Waals surface area contributed by atoms with Gasteiger partial charge in [-0.15, -0.1) is 0 Å². The molecule has 1 saturated carbocycles. The predicted molar refractivity (Wildman–Crippen MR) is 160 cm³/mol. The minimum Gasteiger partial charge on any atom is -0.481 e. The van der Waals surface area contributed by atoms with E-state index in [1.807, 2.05) is 0 Å². The van der Waals surface area contributed by atoms with Gasteiger partial charge in [-0.2, -0.15) is 0 Å². The Labute approximate surface area is 264 Å². The van der Waals surface area contributed by atoms with Crippen molar-refractivity contribution >= 4 is 53.2 Å². The molecule has 16 nitrogen and oxygen atoms in total. The number of hydrogen-bond acceptors (Lipinski definition) is 9. The Bertz CT molecular complexity index is 1380. The van der Waals surface area contributed by atoms with E-state index in [0.29, 0.717) is 30.5 Å². The van der Waals surface area contributed by atoms with E-state index in [9.17, 15) is 43.5 Å². The molecule has 3 atom stereocenters. The lowest BCUT2D eigenvalue weighted by molar-refractivity contribution is -0.142. The summed E-state index contributed by atoms with van der Waals surface area (Å²) in [6.07, 6.45) is 3.77. The first kappa shape index (κ1) is 35.2. The molecule has 1 aliphatic carbocycles. The highest BCUT2D eigenvalue weighted by molar-refractivity contribution is 6.12. The molecule has 0 bridgehead atoms. The minimum absolute atomic E-state index is 0.0301. The van der Waals surface area contributed by atoms with Crippen LogP contribution in [-0.4, -0.2) is 82.2 Å². The number of nitrogens with one attached hydrogen (secondary N) is 4. The molecular formula is C30H38N6O10. The van der Waals surface area contributed by atoms with Crippen molar-refractivity contribution in [3.05, 3.63) is 42.0 Å². The Hall–Kier alpha value is -5.28. The fraction of sp³-hybridized carbons (Fsp3) is 0.467. The molecule has 0 aromatic heterocycles. The molecular weight excluding hydrogens is 604 g/mol. The van der Waals surface area contributed by atoms with Gasteiger partial charge in [0.2, 0.25) is 17.7 Å². The molecule has 1 aromatic carbocycles. The van der Waals surface area contributed by atoms with Gasteiger partial charge in [-0.25, -0.2) is 4.79 Å². The summed E-state index contributed by atoms with van der Waals surface area (Å²) in [7, 11) is 0. The molecule has 0 radical (unpaired) electrons. The number of benzene rings is 1. The summed E-state index contributed by atoms with van der Waals surface area (Å²) in [6, 6.07) is 4.49. The number of carboxylic acid groups (broad SMARTS) is 1. The second-order valence-electron chi connectivity index (χ2n) is 11.0. The average molecular weight is 643 g/mol. The first-order valence-corrected chi connectivity index (χ1v) is 14.8. The van der Waals surface area contributed by atoms with E-state index in [4.69, 9.17) is 10.5 Å². The highest BCUT2D eigenvalue weighted by atomic mass is 16.5. The lowest BCUT2D eigenvalue weighted by Crippen LogP contribution is -2.55. The molecule has 46 heavy (non-hydrogen) atoms. The van der Waals surface area contributed by atoms with Gasteiger partial charge < -0.3 is 36.8 Å². The smallest absolute Gasteiger partial charge is 0.312 e. The van der Waals surface area contributed by atoms with Gasteiger partial charge in [-0.3, -0.25) is 38.5 Å². The SMILES string of the molecule is CC(=O)OCc1ccc(NC(=O)[C@H](CCCNC(N)=O)NC(=O)C2(NC(=O)CCCCCN3C(=O)C=CC3=O)C[C@H]2C(=O)O)cc1. The van der Waals surface area contributed by atoms with Gasteiger partial charge in [-0.1, -0.05) is 18.6 Å². The molecule has 7 amide bonds. The summed E-state index contributed by atoms with van der Waals surface area (Å²) in [5, 5.41) is 19.8. The predicted octanol–water partition coefficient (Wildman–Crippen LogP) is 0.0664. The number of amides is 7. The number of nitrogens with two attached hydrogens (primary N) is 1. The van der Waals surface area contributed by atoms with Crippen LogP contribution in [0.1, 0.15) is 57.4 Å². The lowest BCUT2D eigenvalue weighted by atomic mass is 10.1. The summed E-state index contributed by atoms with van der Waals surface area (Å²) < 4.78 is 4.94. The minimum atomic E-state index is -1.76. The van der Waals surface area contributed by atoms with E-state index >= 15 is 0 Å². The van der Waals surface area contributed by atoms with Crippen molar-refractivity contribution < 1.29 is 48.2 Å². The number of urea groups is 1. The van der Waals surface area contributed by atoms with Crippen LogP contribution in [0.3, 0.4) is 0 Å². The van der Waals surface area contributed by atoms with Gasteiger partial charge in [0.25, 0.3) is 11.8 Å². The summed E-state index contributed by atoms with van der Waals surface area (Å²) in [5.74, 6) is -5.75. The maximum atomic E-state index is 13.5. The van der Waals surface area contributed by atoms with Gasteiger partial charge in [-0.05, 0) is 49.8 Å². The van der Waals surface area contributed by atoms with Crippen LogP contribution >= 0.6 is 0 Å². The fourth-order valence-corrected chi connectivity index (χ4v) is 4.87. The molecule has 1 fully saturated rings. The molecule has 1 heterocycles. The van der Waals surface area contributed by atoms with Gasteiger partial charge in [0.1, 0.15) is 18.2 Å². The normalized spacial score (nSPS) is 18.8. The van der Waals surface area contributed by atoms with E-state index in [0.717, 1.165) is 4.90 Å². The van der Waals surface area contributed by atoms with Crippen molar-refractivity contribution in [2.24, 2.45) is 11.7 Å². The summed E-state index contributed by atoms with van der Waals surface area (Å²) >= 11 is 0. The lowest BCUT2D eigenvalue weighted by Gasteiger charge is -2.24. The molecule has 0 saturated heterocycles. The van der Waals surface area contributed by atoms with E-state index in [1.54, 1.807) is 24.3 Å². The van der Waals surface area contributed by atoms with Crippen LogP contribution in [0.15, 0.2) is 36.4 Å². The number of rotatable bonds is 18. The van der Waals surface area contributed by atoms with E-state index in [1.165, 1.54) is 19.1 Å². The molecule has 1 aliphatic heterocycles. The zero-order valence-electron chi connectivity index (χ0n) is 25.3. The zero-order chi connectivity index (χ0) is 33.9. The number of primary amides is 1. The van der Waals surface area contributed by atoms with Crippen molar-refractivity contribution in [3.63, 3.8) is 0 Å². The number of ether oxygens (including phenoxy) is 1. The molecule has 16 heteroatoms. The topological polar surface area (TPSA) is 243 Å². The van der Waals surface area contributed by atoms with Crippen LogP contribution in [0.4, 0.5) is 10.5 Å². The Morgan fingerprint density at radius 2 is 1.70 bits per heavy atom. The number of anilines is 1. The van der Waals surface area contributed by atoms with Gasteiger partial charge >= 0.3 is 18.0 Å². The van der Waals surface area contributed by atoms with Crippen molar-refractivity contribution in [2.75, 3.05) is 18.4 Å². The second kappa shape index (κ2) is 16.2. The molecule has 7 N–H and O–H groups in total. The maximum Gasteiger partial charge on any atom is 0.312 e. The standard InChI is InChI=1S/C30H38N6O10/c1-18(37)46-17-19-8-10-20(11-9-19)33-26(41)22(6-5-14-32-29(31)45)34-28(44)30(16-21(30)27(42)43)35-23(38)7-3-2-4-15-36-24(39)12-13-25(36)40/h8-13,21-22H,2-7,14-17H2,1H3,(H,33,41)(H,34,44)(H,35,38)(H,42,43)(H3,31,32,45)/t21-,22-,30?/m0/s1. The zero-order valence-corrected chi connectivity index (χ0v) is 25.3. The second-order valence-corrected chi connectivity index (χ2v) is 11.0. The summed E-state index contributed by atoms with van der Waals surface area (Å²) in [6.45, 7) is 1.64. The maximum absolute atomic E-state index is 13.5. The van der Waals surface area contributed by atoms with Crippen LogP contribution < -0.4 is 27.0 Å². The van der Waals surface area contributed by atoms with Crippen LogP contribution in [-0.2, 0) is 44.9 Å². The first-order valence-electron chi connectivity index (χ1n) is 14.8. The largest absolute Gasteiger partial charge is 0.481 e. The molecule has 2 aliphatic rings. The van der Waals surface area contributed by atoms with Crippen molar-refractivity contribution in [2.45, 2.75) is 70.1 Å². The van der Waals surface area contributed by atoms with Crippen LogP contribution in [0.25, 0.3) is 0 Å². The van der Waals surface area contributed by atoms with Crippen LogP contribution in [0.2, 0.25) is 0 Å². The Morgan fingerprint density at radius 3 is 2.28 bits per heavy atom. The number of unbranched alkanes of at least 4 members (excludes halogenated alkanes) is 2. The van der Waals surface area contributed by atoms with E-state index in [2.05, 4.69) is 21.3 Å². The summed E-state index contributed by atoms with van der Waals surface area (Å²) in [5.41, 5.74) is 4.39. The quantitative estimate of drug-likeness (QED) is 0.0715. The van der Waals surface area contributed by atoms with Crippen LogP contribution in [0, 0.1) is 5.92 Å². The molecule has 1 aromatic rings. The highest BCUT2D eigenvalue weighted by Gasteiger charge is 2.65. The third-order valence-corrected chi connectivity index (χ3v) is 7.47. The van der Waals surface area contributed by atoms with Gasteiger partial charge in [0.05, 0.1) is 5.92 Å². The number of aliphatic carboxylic acids is 1. The number of imide groups is 1. The summed E-state index contributed by atoms with van der Waals surface area (Å²) in [4.78, 5) is 97.8. The number of carbonyl (C=O) groups is 8. The number of nitrogens with zero attached hydrogens (tertiary/aromatic N) is 1. The molecule has 248 valence electrons. The fourth-order valence-electron chi connectivity index (χ4n) is 4.87. The third kappa shape index (κ3) is 10.1. The Morgan fingerprint density at radius 1 is 1.02 bits per heavy atom. The Balaban J connectivity index is 1.60.